The van der Waals surface area contributed by atoms with Crippen molar-refractivity contribution in [2.24, 2.45) is 0 Å². The molecule has 3 aromatic rings. The number of halogens is 1. The number of hydrogen-bond donors (Lipinski definition) is 2. The van der Waals surface area contributed by atoms with Gasteiger partial charge in [0.05, 0.1) is 11.6 Å². The van der Waals surface area contributed by atoms with E-state index in [-0.39, 0.29) is 5.82 Å². The van der Waals surface area contributed by atoms with Gasteiger partial charge in [-0.3, -0.25) is 0 Å². The number of aliphatic hydroxyl groups is 1. The minimum absolute atomic E-state index is 0.305. The van der Waals surface area contributed by atoms with Crippen molar-refractivity contribution in [3.63, 3.8) is 0 Å². The molecule has 0 amide bonds. The van der Waals surface area contributed by atoms with Gasteiger partial charge in [0, 0.05) is 11.9 Å². The van der Waals surface area contributed by atoms with Crippen LogP contribution in [0.3, 0.4) is 0 Å². The van der Waals surface area contributed by atoms with E-state index in [1.165, 1.54) is 29.8 Å². The lowest BCUT2D eigenvalue weighted by Gasteiger charge is -2.12. The van der Waals surface area contributed by atoms with Gasteiger partial charge in [0.15, 0.2) is 0 Å². The van der Waals surface area contributed by atoms with Crippen molar-refractivity contribution in [3.05, 3.63) is 52.7 Å². The van der Waals surface area contributed by atoms with E-state index in [0.717, 1.165) is 5.56 Å². The topological polar surface area (TPSA) is 58.0 Å². The number of benzene rings is 1. The highest BCUT2D eigenvalue weighted by Gasteiger charge is 2.10. The first-order chi connectivity index (χ1) is 9.74. The van der Waals surface area contributed by atoms with E-state index in [1.807, 2.05) is 16.8 Å². The van der Waals surface area contributed by atoms with Gasteiger partial charge >= 0.3 is 0 Å². The van der Waals surface area contributed by atoms with Crippen molar-refractivity contribution in [1.82, 2.24) is 9.97 Å². The Balaban J connectivity index is 1.82. The minimum Gasteiger partial charge on any atom is -0.387 e. The molecule has 0 saturated heterocycles. The van der Waals surface area contributed by atoms with E-state index in [2.05, 4.69) is 15.3 Å². The molecule has 2 aromatic heterocycles. The molecule has 2 heterocycles. The molecule has 20 heavy (non-hydrogen) atoms. The molecule has 0 aliphatic rings. The normalized spacial score (nSPS) is 12.5. The quantitative estimate of drug-likeness (QED) is 0.775. The van der Waals surface area contributed by atoms with Gasteiger partial charge in [0.2, 0.25) is 0 Å². The van der Waals surface area contributed by atoms with Gasteiger partial charge in [-0.25, -0.2) is 14.4 Å². The second kappa shape index (κ2) is 5.52. The zero-order valence-electron chi connectivity index (χ0n) is 10.5. The molecule has 0 radical (unpaired) electrons. The third kappa shape index (κ3) is 2.61. The molecule has 2 N–H and O–H groups in total. The summed E-state index contributed by atoms with van der Waals surface area (Å²) in [5.41, 5.74) is 1.51. The molecule has 0 saturated carbocycles. The Hall–Kier alpha value is -2.05. The molecule has 1 atom stereocenters. The summed E-state index contributed by atoms with van der Waals surface area (Å²) in [4.78, 5) is 8.19. The van der Waals surface area contributed by atoms with Gasteiger partial charge in [-0.1, -0.05) is 0 Å². The maximum atomic E-state index is 13.3. The van der Waals surface area contributed by atoms with Crippen LogP contribution in [0.4, 0.5) is 10.2 Å². The van der Waals surface area contributed by atoms with Gasteiger partial charge in [-0.05, 0) is 40.6 Å². The van der Waals surface area contributed by atoms with Crippen LogP contribution in [0, 0.1) is 5.82 Å². The van der Waals surface area contributed by atoms with Crippen molar-refractivity contribution in [2.75, 3.05) is 11.9 Å². The highest BCUT2D eigenvalue weighted by molar-refractivity contribution is 7.07. The molecule has 0 aliphatic carbocycles. The summed E-state index contributed by atoms with van der Waals surface area (Å²) in [6.45, 7) is 0.305. The third-order valence-corrected chi connectivity index (χ3v) is 3.69. The average Bonchev–Trinajstić information content (AvgIpc) is 2.99. The molecular formula is C14H12FN3OS. The summed E-state index contributed by atoms with van der Waals surface area (Å²) >= 11 is 1.53. The second-order valence-electron chi connectivity index (χ2n) is 4.34. The predicted molar refractivity (Wildman–Crippen MR) is 77.3 cm³/mol. The standard InChI is InChI=1S/C14H12FN3OS/c15-10-1-2-12-11(5-10)14(18-8-17-12)16-6-13(19)9-3-4-20-7-9/h1-5,7-8,13,19H,6H2,(H,16,17,18). The Kier molecular flexibility index (Phi) is 3.58. The number of anilines is 1. The van der Waals surface area contributed by atoms with Crippen LogP contribution in [-0.4, -0.2) is 21.6 Å². The summed E-state index contributed by atoms with van der Waals surface area (Å²) in [7, 11) is 0. The van der Waals surface area contributed by atoms with Crippen LogP contribution in [0.15, 0.2) is 41.4 Å². The van der Waals surface area contributed by atoms with Gasteiger partial charge in [0.25, 0.3) is 0 Å². The predicted octanol–water partition coefficient (Wildman–Crippen LogP) is 2.98. The molecule has 1 unspecified atom stereocenters. The number of fused-ring (bicyclic) bond motifs is 1. The maximum Gasteiger partial charge on any atom is 0.137 e. The van der Waals surface area contributed by atoms with Crippen molar-refractivity contribution < 1.29 is 9.50 Å². The van der Waals surface area contributed by atoms with Crippen LogP contribution in [-0.2, 0) is 0 Å². The SMILES string of the molecule is OC(CNc1ncnc2ccc(F)cc12)c1ccsc1. The Morgan fingerprint density at radius 2 is 2.20 bits per heavy atom. The van der Waals surface area contributed by atoms with Crippen LogP contribution in [0.25, 0.3) is 10.9 Å². The summed E-state index contributed by atoms with van der Waals surface area (Å²) in [5.74, 6) is 0.178. The fraction of sp³-hybridized carbons (Fsp3) is 0.143. The lowest BCUT2D eigenvalue weighted by molar-refractivity contribution is 0.192. The van der Waals surface area contributed by atoms with Crippen LogP contribution in [0.5, 0.6) is 0 Å². The Morgan fingerprint density at radius 3 is 3.00 bits per heavy atom. The van der Waals surface area contributed by atoms with E-state index in [0.29, 0.717) is 23.3 Å². The molecule has 6 heteroatoms. The van der Waals surface area contributed by atoms with Crippen molar-refractivity contribution >= 4 is 28.1 Å². The Morgan fingerprint density at radius 1 is 1.30 bits per heavy atom. The van der Waals surface area contributed by atoms with E-state index in [9.17, 15) is 9.50 Å². The fourth-order valence-electron chi connectivity index (χ4n) is 1.95. The smallest absolute Gasteiger partial charge is 0.137 e. The monoisotopic (exact) mass is 289 g/mol. The number of nitrogens with one attached hydrogen (secondary N) is 1. The zero-order chi connectivity index (χ0) is 13.9. The van der Waals surface area contributed by atoms with Gasteiger partial charge in [0.1, 0.15) is 18.0 Å². The number of nitrogens with zero attached hydrogens (tertiary/aromatic N) is 2. The van der Waals surface area contributed by atoms with Crippen LogP contribution in [0.1, 0.15) is 11.7 Å². The largest absolute Gasteiger partial charge is 0.387 e. The molecule has 0 aliphatic heterocycles. The van der Waals surface area contributed by atoms with Crippen molar-refractivity contribution in [1.29, 1.82) is 0 Å². The number of thiophene rings is 1. The minimum atomic E-state index is -0.625. The number of hydrogen-bond acceptors (Lipinski definition) is 5. The third-order valence-electron chi connectivity index (χ3n) is 2.99. The second-order valence-corrected chi connectivity index (χ2v) is 5.12. The van der Waals surface area contributed by atoms with Crippen molar-refractivity contribution in [3.8, 4) is 0 Å². The molecule has 102 valence electrons. The van der Waals surface area contributed by atoms with E-state index >= 15 is 0 Å². The molecule has 0 bridgehead atoms. The summed E-state index contributed by atoms with van der Waals surface area (Å²) in [5, 5.41) is 17.5. The summed E-state index contributed by atoms with van der Waals surface area (Å²) < 4.78 is 13.3. The Bertz CT molecular complexity index is 718. The molecule has 0 fully saturated rings. The first kappa shape index (κ1) is 13.0. The highest BCUT2D eigenvalue weighted by atomic mass is 32.1. The lowest BCUT2D eigenvalue weighted by Crippen LogP contribution is -2.12. The number of aliphatic hydroxyl groups excluding tert-OH is 1. The number of rotatable bonds is 4. The summed E-state index contributed by atoms with van der Waals surface area (Å²) in [6.07, 6.45) is 0.791. The molecule has 3 rings (SSSR count). The average molecular weight is 289 g/mol. The van der Waals surface area contributed by atoms with E-state index in [4.69, 9.17) is 0 Å². The van der Waals surface area contributed by atoms with Crippen molar-refractivity contribution in [2.45, 2.75) is 6.10 Å². The van der Waals surface area contributed by atoms with E-state index < -0.39 is 6.10 Å². The van der Waals surface area contributed by atoms with Gasteiger partial charge < -0.3 is 10.4 Å². The molecule has 0 spiro atoms. The van der Waals surface area contributed by atoms with E-state index in [1.54, 1.807) is 6.07 Å². The van der Waals surface area contributed by atoms with Gasteiger partial charge in [-0.2, -0.15) is 11.3 Å². The Labute approximate surface area is 118 Å². The molecule has 4 nitrogen and oxygen atoms in total. The highest BCUT2D eigenvalue weighted by Crippen LogP contribution is 2.22. The van der Waals surface area contributed by atoms with Gasteiger partial charge in [-0.15, -0.1) is 0 Å². The lowest BCUT2D eigenvalue weighted by atomic mass is 10.2. The number of aromatic nitrogens is 2. The summed E-state index contributed by atoms with van der Waals surface area (Å²) in [6, 6.07) is 6.22. The molecule has 1 aromatic carbocycles. The fourth-order valence-corrected chi connectivity index (χ4v) is 2.65. The molecular weight excluding hydrogens is 277 g/mol. The zero-order valence-corrected chi connectivity index (χ0v) is 11.3. The van der Waals surface area contributed by atoms with Crippen LogP contribution < -0.4 is 5.32 Å². The van der Waals surface area contributed by atoms with Crippen LogP contribution in [0.2, 0.25) is 0 Å². The van der Waals surface area contributed by atoms with Crippen LogP contribution >= 0.6 is 11.3 Å². The maximum absolute atomic E-state index is 13.3. The first-order valence-corrected chi connectivity index (χ1v) is 7.02. The first-order valence-electron chi connectivity index (χ1n) is 6.08.